The second kappa shape index (κ2) is 9.11. The first-order chi connectivity index (χ1) is 17.4. The number of nitriles is 1. The first-order valence-corrected chi connectivity index (χ1v) is 11.1. The Kier molecular flexibility index (Phi) is 5.82. The number of anilines is 1. The summed E-state index contributed by atoms with van der Waals surface area (Å²) in [5, 5.41) is 17.7. The minimum absolute atomic E-state index is 0.263. The number of nitrogens with two attached hydrogens (primary N) is 1. The van der Waals surface area contributed by atoms with Crippen molar-refractivity contribution < 1.29 is 13.6 Å². The molecule has 36 heavy (non-hydrogen) atoms. The van der Waals surface area contributed by atoms with Crippen molar-refractivity contribution in [1.29, 1.82) is 5.26 Å². The van der Waals surface area contributed by atoms with Crippen molar-refractivity contribution >= 4 is 28.3 Å². The average molecular weight is 485 g/mol. The summed E-state index contributed by atoms with van der Waals surface area (Å²) >= 11 is 0. The molecule has 1 aliphatic heterocycles. The summed E-state index contributed by atoms with van der Waals surface area (Å²) in [5.74, 6) is -0.556. The van der Waals surface area contributed by atoms with Crippen LogP contribution in [0.2, 0.25) is 0 Å². The molecule has 0 spiro atoms. The minimum atomic E-state index is -2.73. The Bertz CT molecular complexity index is 1560. The summed E-state index contributed by atoms with van der Waals surface area (Å²) in [7, 11) is 0. The summed E-state index contributed by atoms with van der Waals surface area (Å²) < 4.78 is 28.3. The third-order valence-corrected chi connectivity index (χ3v) is 6.30. The Labute approximate surface area is 205 Å². The van der Waals surface area contributed by atoms with Crippen LogP contribution < -0.4 is 10.6 Å². The summed E-state index contributed by atoms with van der Waals surface area (Å²) in [6.45, 7) is 2.33. The van der Waals surface area contributed by atoms with Gasteiger partial charge in [-0.05, 0) is 35.8 Å². The van der Waals surface area contributed by atoms with Crippen LogP contribution in [0.4, 0.5) is 14.5 Å². The Hall–Kier alpha value is -4.78. The van der Waals surface area contributed by atoms with Crippen LogP contribution in [0.3, 0.4) is 0 Å². The van der Waals surface area contributed by atoms with Gasteiger partial charge < -0.3 is 10.6 Å². The topological polar surface area (TPSA) is 105 Å². The highest BCUT2D eigenvalue weighted by Gasteiger charge is 2.20. The standard InChI is InChI=1S/C26H21F2N7O/c1-16(25(30)36)17-2-4-22(5-3-17)33-8-6-18(7-9-33)23-10-19(21-13-32-35(15-21)26(27)28)14-34-24(23)20(11-29)12-31-34/h2-6,10,12-15,26H,1,7-9H2,(H2,30,36). The maximum absolute atomic E-state index is 13.1. The smallest absolute Gasteiger partial charge is 0.333 e. The number of halogens is 2. The molecule has 4 heterocycles. The minimum Gasteiger partial charge on any atom is -0.367 e. The van der Waals surface area contributed by atoms with Gasteiger partial charge in [0.1, 0.15) is 6.07 Å². The highest BCUT2D eigenvalue weighted by Crippen LogP contribution is 2.33. The van der Waals surface area contributed by atoms with Crippen molar-refractivity contribution in [2.45, 2.75) is 13.0 Å². The molecule has 1 amide bonds. The Morgan fingerprint density at radius 2 is 1.92 bits per heavy atom. The molecule has 0 unspecified atom stereocenters. The third-order valence-electron chi connectivity index (χ3n) is 6.30. The van der Waals surface area contributed by atoms with Crippen LogP contribution in [0, 0.1) is 11.3 Å². The second-order valence-electron chi connectivity index (χ2n) is 8.41. The maximum atomic E-state index is 13.1. The fraction of sp³-hybridized carbons (Fsp3) is 0.154. The molecule has 3 aromatic heterocycles. The van der Waals surface area contributed by atoms with E-state index in [4.69, 9.17) is 5.73 Å². The van der Waals surface area contributed by atoms with E-state index in [0.717, 1.165) is 23.4 Å². The summed E-state index contributed by atoms with van der Waals surface area (Å²) in [6.07, 6.45) is 8.68. The number of hydrogen-bond acceptors (Lipinski definition) is 5. The largest absolute Gasteiger partial charge is 0.367 e. The van der Waals surface area contributed by atoms with Gasteiger partial charge in [-0.3, -0.25) is 4.79 Å². The van der Waals surface area contributed by atoms with E-state index in [1.54, 1.807) is 10.7 Å². The molecule has 2 N–H and O–H groups in total. The van der Waals surface area contributed by atoms with Gasteiger partial charge in [0.25, 0.3) is 0 Å². The lowest BCUT2D eigenvalue weighted by Crippen LogP contribution is -2.28. The molecule has 1 aliphatic rings. The number of hydrogen-bond donors (Lipinski definition) is 1. The number of primary amides is 1. The molecule has 5 rings (SSSR count). The lowest BCUT2D eigenvalue weighted by molar-refractivity contribution is -0.112. The van der Waals surface area contributed by atoms with Crippen molar-refractivity contribution in [3.63, 3.8) is 0 Å². The lowest BCUT2D eigenvalue weighted by atomic mass is 9.95. The van der Waals surface area contributed by atoms with Gasteiger partial charge in [-0.1, -0.05) is 24.8 Å². The van der Waals surface area contributed by atoms with E-state index in [9.17, 15) is 18.8 Å². The molecule has 0 radical (unpaired) electrons. The molecule has 0 saturated heterocycles. The highest BCUT2D eigenvalue weighted by molar-refractivity contribution is 6.17. The van der Waals surface area contributed by atoms with Gasteiger partial charge in [-0.25, -0.2) is 9.20 Å². The number of carbonyl (C=O) groups excluding carboxylic acids is 1. The van der Waals surface area contributed by atoms with Crippen molar-refractivity contribution in [3.05, 3.63) is 84.5 Å². The van der Waals surface area contributed by atoms with E-state index in [2.05, 4.69) is 33.8 Å². The van der Waals surface area contributed by atoms with Crippen LogP contribution in [-0.2, 0) is 4.79 Å². The molecule has 1 aromatic carbocycles. The molecule has 180 valence electrons. The second-order valence-corrected chi connectivity index (χ2v) is 8.41. The molecule has 10 heteroatoms. The van der Waals surface area contributed by atoms with Crippen molar-refractivity contribution in [2.75, 3.05) is 18.0 Å². The monoisotopic (exact) mass is 485 g/mol. The van der Waals surface area contributed by atoms with Crippen LogP contribution >= 0.6 is 0 Å². The van der Waals surface area contributed by atoms with Gasteiger partial charge in [0, 0.05) is 53.4 Å². The van der Waals surface area contributed by atoms with Crippen LogP contribution in [0.1, 0.15) is 29.7 Å². The van der Waals surface area contributed by atoms with E-state index in [0.29, 0.717) is 45.4 Å². The molecular weight excluding hydrogens is 464 g/mol. The fourth-order valence-corrected chi connectivity index (χ4v) is 4.36. The van der Waals surface area contributed by atoms with Crippen molar-refractivity contribution in [2.24, 2.45) is 5.73 Å². The third kappa shape index (κ3) is 4.11. The summed E-state index contributed by atoms with van der Waals surface area (Å²) in [6, 6.07) is 11.6. The summed E-state index contributed by atoms with van der Waals surface area (Å²) in [4.78, 5) is 13.6. The molecular formula is C26H21F2N7O. The first kappa shape index (κ1) is 23.0. The number of fused-ring (bicyclic) bond motifs is 1. The van der Waals surface area contributed by atoms with Crippen LogP contribution in [0.5, 0.6) is 0 Å². The van der Waals surface area contributed by atoms with Crippen molar-refractivity contribution in [1.82, 2.24) is 19.4 Å². The molecule has 0 atom stereocenters. The Balaban J connectivity index is 1.48. The van der Waals surface area contributed by atoms with Crippen LogP contribution in [0.25, 0.3) is 27.8 Å². The summed E-state index contributed by atoms with van der Waals surface area (Å²) in [5.41, 5.74) is 11.4. The normalized spacial score (nSPS) is 13.6. The molecule has 0 saturated carbocycles. The van der Waals surface area contributed by atoms with Gasteiger partial charge in [-0.2, -0.15) is 24.2 Å². The van der Waals surface area contributed by atoms with E-state index in [1.807, 2.05) is 30.3 Å². The number of carbonyl (C=O) groups is 1. The molecule has 0 fully saturated rings. The highest BCUT2D eigenvalue weighted by atomic mass is 19.3. The fourth-order valence-electron chi connectivity index (χ4n) is 4.36. The van der Waals surface area contributed by atoms with Crippen LogP contribution in [0.15, 0.2) is 67.8 Å². The average Bonchev–Trinajstić information content (AvgIpc) is 3.55. The number of benzene rings is 1. The Morgan fingerprint density at radius 1 is 1.14 bits per heavy atom. The van der Waals surface area contributed by atoms with Crippen molar-refractivity contribution in [3.8, 4) is 17.2 Å². The van der Waals surface area contributed by atoms with Gasteiger partial charge in [0.05, 0.1) is 23.5 Å². The number of aromatic nitrogens is 4. The molecule has 0 bridgehead atoms. The van der Waals surface area contributed by atoms with Gasteiger partial charge >= 0.3 is 6.55 Å². The SMILES string of the molecule is C=C(C(N)=O)c1ccc(N2CC=C(c3cc(-c4cnn(C(F)F)c4)cn4ncc(C#N)c34)CC2)cc1. The molecule has 0 aliphatic carbocycles. The zero-order valence-corrected chi connectivity index (χ0v) is 19.1. The zero-order chi connectivity index (χ0) is 25.4. The number of amides is 1. The maximum Gasteiger partial charge on any atom is 0.333 e. The predicted molar refractivity (Wildman–Crippen MR) is 132 cm³/mol. The van der Waals surface area contributed by atoms with Gasteiger partial charge in [0.15, 0.2) is 0 Å². The van der Waals surface area contributed by atoms with E-state index >= 15 is 0 Å². The van der Waals surface area contributed by atoms with E-state index < -0.39 is 12.5 Å². The van der Waals surface area contributed by atoms with Gasteiger partial charge in [0.2, 0.25) is 5.91 Å². The number of alkyl halides is 2. The first-order valence-electron chi connectivity index (χ1n) is 11.1. The van der Waals surface area contributed by atoms with E-state index in [-0.39, 0.29) is 5.57 Å². The molecule has 4 aromatic rings. The number of pyridine rings is 1. The van der Waals surface area contributed by atoms with Crippen LogP contribution in [-0.4, -0.2) is 38.4 Å². The predicted octanol–water partition coefficient (Wildman–Crippen LogP) is 4.26. The van der Waals surface area contributed by atoms with E-state index in [1.165, 1.54) is 18.6 Å². The quantitative estimate of drug-likeness (QED) is 0.411. The molecule has 8 nitrogen and oxygen atoms in total. The van der Waals surface area contributed by atoms with Gasteiger partial charge in [-0.15, -0.1) is 0 Å². The number of rotatable bonds is 6. The zero-order valence-electron chi connectivity index (χ0n) is 19.1. The Morgan fingerprint density at radius 3 is 2.53 bits per heavy atom. The number of nitrogens with zero attached hydrogens (tertiary/aromatic N) is 6. The lowest BCUT2D eigenvalue weighted by Gasteiger charge is -2.29.